The average Bonchev–Trinajstić information content (AvgIpc) is 3.67. The summed E-state index contributed by atoms with van der Waals surface area (Å²) in [6, 6.07) is 27.6. The number of hydrazine groups is 1. The molecule has 0 bridgehead atoms. The Morgan fingerprint density at radius 2 is 1.76 bits per heavy atom. The van der Waals surface area contributed by atoms with Crippen LogP contribution in [-0.2, 0) is 22.5 Å². The molecule has 2 aliphatic heterocycles. The van der Waals surface area contributed by atoms with Crippen molar-refractivity contribution in [2.75, 3.05) is 20.0 Å². The number of halogens is 2. The summed E-state index contributed by atoms with van der Waals surface area (Å²) in [6.07, 6.45) is -0.132. The normalized spacial score (nSPS) is 18.3. The van der Waals surface area contributed by atoms with Crippen molar-refractivity contribution in [2.24, 2.45) is 4.99 Å². The van der Waals surface area contributed by atoms with Gasteiger partial charge in [-0.15, -0.1) is 0 Å². The highest BCUT2D eigenvalue weighted by Gasteiger charge is 2.54. The van der Waals surface area contributed by atoms with Gasteiger partial charge in [0.1, 0.15) is 5.75 Å². The molecule has 0 spiro atoms. The van der Waals surface area contributed by atoms with Gasteiger partial charge in [-0.05, 0) is 59.7 Å². The fourth-order valence-corrected chi connectivity index (χ4v) is 5.77. The molecule has 2 heterocycles. The molecule has 0 saturated heterocycles. The number of hydrogen-bond acceptors (Lipinski definition) is 8. The monoisotopic (exact) mass is 647 g/mol. The Hall–Kier alpha value is -4.28. The molecule has 4 aromatic rings. The van der Waals surface area contributed by atoms with E-state index >= 15 is 0 Å². The van der Waals surface area contributed by atoms with Crippen LogP contribution < -0.4 is 25.1 Å². The number of benzene rings is 4. The number of aliphatic hydroxyl groups is 1. The van der Waals surface area contributed by atoms with Gasteiger partial charge in [0.2, 0.25) is 12.7 Å². The van der Waals surface area contributed by atoms with E-state index in [2.05, 4.69) is 10.9 Å². The number of carbonyl (C=O) groups is 1. The number of hydrogen-bond donors (Lipinski definition) is 3. The molecule has 9 nitrogen and oxygen atoms in total. The Bertz CT molecular complexity index is 1690. The summed E-state index contributed by atoms with van der Waals surface area (Å²) in [5, 5.41) is 9.87. The van der Waals surface area contributed by atoms with E-state index in [-0.39, 0.29) is 25.7 Å². The minimum atomic E-state index is -1.45. The molecule has 2 atom stereocenters. The van der Waals surface area contributed by atoms with Crippen LogP contribution >= 0.6 is 23.2 Å². The molecular formula is C34H31Cl2N3O6. The maximum absolute atomic E-state index is 14.4. The third-order valence-corrected chi connectivity index (χ3v) is 8.09. The van der Waals surface area contributed by atoms with Gasteiger partial charge in [0.15, 0.2) is 23.1 Å². The summed E-state index contributed by atoms with van der Waals surface area (Å²) in [7, 11) is 0. The third-order valence-electron chi connectivity index (χ3n) is 7.52. The van der Waals surface area contributed by atoms with Crippen molar-refractivity contribution in [3.63, 3.8) is 0 Å². The van der Waals surface area contributed by atoms with Crippen molar-refractivity contribution >= 4 is 35.0 Å². The highest BCUT2D eigenvalue weighted by molar-refractivity contribution is 6.35. The largest absolute Gasteiger partial charge is 0.494 e. The van der Waals surface area contributed by atoms with E-state index in [4.69, 9.17) is 52.2 Å². The number of carbonyl (C=O) groups excluding carboxylic acids is 1. The van der Waals surface area contributed by atoms with Crippen LogP contribution in [-0.4, -0.2) is 42.5 Å². The summed E-state index contributed by atoms with van der Waals surface area (Å²) in [5.74, 6) is 1.87. The number of aliphatic imine (C=N–C) groups is 1. The highest BCUT2D eigenvalue weighted by Crippen LogP contribution is 2.45. The van der Waals surface area contributed by atoms with Gasteiger partial charge >= 0.3 is 0 Å². The van der Waals surface area contributed by atoms with Gasteiger partial charge in [-0.1, -0.05) is 65.7 Å². The lowest BCUT2D eigenvalue weighted by atomic mass is 9.82. The van der Waals surface area contributed by atoms with Crippen molar-refractivity contribution in [1.82, 2.24) is 10.9 Å². The number of fused-ring (bicyclic) bond motifs is 1. The minimum Gasteiger partial charge on any atom is -0.494 e. The predicted octanol–water partition coefficient (Wildman–Crippen LogP) is 5.80. The Labute approximate surface area is 270 Å². The van der Waals surface area contributed by atoms with Gasteiger partial charge in [0, 0.05) is 47.2 Å². The molecule has 0 aliphatic carbocycles. The topological polar surface area (TPSA) is 111 Å². The molecule has 0 saturated carbocycles. The summed E-state index contributed by atoms with van der Waals surface area (Å²) >= 11 is 13.0. The lowest BCUT2D eigenvalue weighted by Gasteiger charge is -2.31. The second-order valence-corrected chi connectivity index (χ2v) is 11.5. The molecule has 0 radical (unpaired) electrons. The fraction of sp³-hybridized carbons (Fsp3) is 0.235. The zero-order valence-corrected chi connectivity index (χ0v) is 25.7. The average molecular weight is 649 g/mol. The lowest BCUT2D eigenvalue weighted by Crippen LogP contribution is -2.53. The van der Waals surface area contributed by atoms with Crippen LogP contribution in [0.5, 0.6) is 17.2 Å². The summed E-state index contributed by atoms with van der Waals surface area (Å²) in [4.78, 5) is 19.4. The summed E-state index contributed by atoms with van der Waals surface area (Å²) < 4.78 is 23.1. The lowest BCUT2D eigenvalue weighted by molar-refractivity contribution is -0.130. The van der Waals surface area contributed by atoms with Crippen molar-refractivity contribution < 1.29 is 28.8 Å². The molecule has 232 valence electrons. The second-order valence-electron chi connectivity index (χ2n) is 10.6. The number of aliphatic hydroxyl groups excluding tert-OH is 1. The quantitative estimate of drug-likeness (QED) is 0.132. The Balaban J connectivity index is 1.34. The van der Waals surface area contributed by atoms with Crippen LogP contribution in [0, 0.1) is 0 Å². The van der Waals surface area contributed by atoms with Crippen molar-refractivity contribution in [3.8, 4) is 17.2 Å². The van der Waals surface area contributed by atoms with Crippen LogP contribution in [0.3, 0.4) is 0 Å². The molecule has 4 aromatic carbocycles. The fourth-order valence-electron chi connectivity index (χ4n) is 5.27. The first-order valence-electron chi connectivity index (χ1n) is 14.5. The second kappa shape index (κ2) is 13.8. The van der Waals surface area contributed by atoms with Gasteiger partial charge in [-0.2, -0.15) is 0 Å². The zero-order chi connectivity index (χ0) is 31.2. The van der Waals surface area contributed by atoms with E-state index in [1.165, 1.54) is 0 Å². The van der Waals surface area contributed by atoms with E-state index in [9.17, 15) is 4.79 Å². The van der Waals surface area contributed by atoms with Crippen LogP contribution in [0.1, 0.15) is 34.8 Å². The van der Waals surface area contributed by atoms with Crippen LogP contribution in [0.25, 0.3) is 0 Å². The number of ether oxygens (including phenoxy) is 4. The molecule has 2 aliphatic rings. The van der Waals surface area contributed by atoms with E-state index in [1.807, 2.05) is 60.7 Å². The van der Waals surface area contributed by atoms with Crippen LogP contribution in [0.4, 0.5) is 0 Å². The van der Waals surface area contributed by atoms with Gasteiger partial charge in [0.25, 0.3) is 5.91 Å². The predicted molar refractivity (Wildman–Crippen MR) is 171 cm³/mol. The van der Waals surface area contributed by atoms with Crippen LogP contribution in [0.15, 0.2) is 96.0 Å². The van der Waals surface area contributed by atoms with E-state index in [0.717, 1.165) is 11.1 Å². The van der Waals surface area contributed by atoms with E-state index in [1.54, 1.807) is 30.3 Å². The molecule has 0 unspecified atom stereocenters. The number of amides is 1. The van der Waals surface area contributed by atoms with E-state index < -0.39 is 17.6 Å². The molecule has 11 heteroatoms. The molecule has 0 aromatic heterocycles. The van der Waals surface area contributed by atoms with Crippen LogP contribution in [0.2, 0.25) is 10.0 Å². The first-order valence-corrected chi connectivity index (χ1v) is 15.2. The number of nitrogens with zero attached hydrogens (tertiary/aromatic N) is 1. The van der Waals surface area contributed by atoms with Gasteiger partial charge in [-0.25, -0.2) is 10.4 Å². The van der Waals surface area contributed by atoms with Crippen molar-refractivity contribution in [1.29, 1.82) is 0 Å². The molecule has 1 amide bonds. The summed E-state index contributed by atoms with van der Waals surface area (Å²) in [6.45, 7) is 0.948. The molecular weight excluding hydrogens is 617 g/mol. The Kier molecular flexibility index (Phi) is 9.42. The summed E-state index contributed by atoms with van der Waals surface area (Å²) in [5.41, 5.74) is 7.50. The van der Waals surface area contributed by atoms with Gasteiger partial charge < -0.3 is 24.1 Å². The standard InChI is InChI=1S/C34H31Cl2N3O6/c35-25-10-13-27(28(36)18-25)31-34(19-22-5-2-1-3-6-22,33(41)39-37-20-23-7-14-29-30(17-23)44-21-43-29)38-32(45-31)24-8-11-26(12-9-24)42-16-4-15-40/h1-3,5-14,17-18,31,37,40H,4,15-16,19-21H2,(H,39,41)/t31-,34-/m0/s1. The highest BCUT2D eigenvalue weighted by atomic mass is 35.5. The van der Waals surface area contributed by atoms with Crippen molar-refractivity contribution in [3.05, 3.63) is 123 Å². The zero-order valence-electron chi connectivity index (χ0n) is 24.2. The molecule has 0 fully saturated rings. The van der Waals surface area contributed by atoms with Gasteiger partial charge in [0.05, 0.1) is 6.61 Å². The maximum Gasteiger partial charge on any atom is 0.266 e. The molecule has 6 rings (SSSR count). The first kappa shape index (κ1) is 30.7. The minimum absolute atomic E-state index is 0.0501. The number of rotatable bonds is 12. The smallest absolute Gasteiger partial charge is 0.266 e. The van der Waals surface area contributed by atoms with Crippen molar-refractivity contribution in [2.45, 2.75) is 31.0 Å². The molecule has 45 heavy (non-hydrogen) atoms. The first-order chi connectivity index (χ1) is 21.9. The third kappa shape index (κ3) is 6.87. The molecule has 3 N–H and O–H groups in total. The van der Waals surface area contributed by atoms with Gasteiger partial charge in [-0.3, -0.25) is 10.2 Å². The van der Waals surface area contributed by atoms with E-state index in [0.29, 0.717) is 58.0 Å². The Morgan fingerprint density at radius 1 is 0.956 bits per heavy atom. The maximum atomic E-state index is 14.4. The SMILES string of the molecule is O=C(NNCc1ccc2c(c1)OCO2)[C@@]1(Cc2ccccc2)N=C(c2ccc(OCCCO)cc2)O[C@H]1c1ccc(Cl)cc1Cl. The number of nitrogens with one attached hydrogen (secondary N) is 2. The Morgan fingerprint density at radius 3 is 2.53 bits per heavy atom.